The normalized spacial score (nSPS) is 20.9. The fourth-order valence-electron chi connectivity index (χ4n) is 4.55. The number of rotatable bonds is 5. The van der Waals surface area contributed by atoms with E-state index in [4.69, 9.17) is 0 Å². The van der Waals surface area contributed by atoms with Crippen molar-refractivity contribution < 1.29 is 4.79 Å². The van der Waals surface area contributed by atoms with E-state index in [1.54, 1.807) is 0 Å². The number of hydrogen-bond acceptors (Lipinski definition) is 3. The minimum Gasteiger partial charge on any atom is -0.334 e. The lowest BCUT2D eigenvalue weighted by Gasteiger charge is -2.28. The number of carbonyl (C=O) groups is 1. The van der Waals surface area contributed by atoms with Gasteiger partial charge in [0.15, 0.2) is 0 Å². The molecule has 4 rings (SSSR count). The smallest absolute Gasteiger partial charge is 0.326 e. The molecule has 1 aromatic carbocycles. The number of fused-ring (bicyclic) bond motifs is 1. The zero-order chi connectivity index (χ0) is 18.1. The third-order valence-electron chi connectivity index (χ3n) is 5.85. The van der Waals surface area contributed by atoms with E-state index in [-0.39, 0.29) is 17.6 Å². The molecule has 2 N–H and O–H groups in total. The van der Waals surface area contributed by atoms with Gasteiger partial charge in [0.25, 0.3) is 5.91 Å². The van der Waals surface area contributed by atoms with E-state index < -0.39 is 0 Å². The van der Waals surface area contributed by atoms with Gasteiger partial charge in [0, 0.05) is 30.7 Å². The second kappa shape index (κ2) is 7.27. The van der Waals surface area contributed by atoms with Gasteiger partial charge in [-0.1, -0.05) is 19.8 Å². The first kappa shape index (κ1) is 17.3. The molecule has 1 saturated carbocycles. The molecule has 0 radical (unpaired) electrons. The molecule has 1 amide bonds. The van der Waals surface area contributed by atoms with Crippen LogP contribution in [-0.4, -0.2) is 46.0 Å². The first-order valence-corrected chi connectivity index (χ1v) is 9.95. The molecule has 1 saturated heterocycles. The van der Waals surface area contributed by atoms with Crippen molar-refractivity contribution >= 4 is 16.9 Å². The number of nitrogens with zero attached hydrogens (tertiary/aromatic N) is 2. The summed E-state index contributed by atoms with van der Waals surface area (Å²) in [6.45, 7) is 4.70. The highest BCUT2D eigenvalue weighted by molar-refractivity contribution is 5.97. The summed E-state index contributed by atoms with van der Waals surface area (Å²) in [5.74, 6) is 0.0666. The summed E-state index contributed by atoms with van der Waals surface area (Å²) in [5, 5.41) is 3.34. The quantitative estimate of drug-likeness (QED) is 0.865. The summed E-state index contributed by atoms with van der Waals surface area (Å²) in [7, 11) is 0. The molecule has 140 valence electrons. The molecule has 1 unspecified atom stereocenters. The maximum Gasteiger partial charge on any atom is 0.326 e. The van der Waals surface area contributed by atoms with Gasteiger partial charge in [-0.05, 0) is 50.4 Å². The van der Waals surface area contributed by atoms with E-state index in [9.17, 15) is 9.59 Å². The molecule has 6 heteroatoms. The largest absolute Gasteiger partial charge is 0.334 e. The second-order valence-electron chi connectivity index (χ2n) is 7.62. The number of hydrogen-bond donors (Lipinski definition) is 2. The van der Waals surface area contributed by atoms with Crippen LogP contribution in [0.5, 0.6) is 0 Å². The monoisotopic (exact) mass is 356 g/mol. The van der Waals surface area contributed by atoms with Crippen molar-refractivity contribution in [3.8, 4) is 0 Å². The molecule has 1 aliphatic carbocycles. The number of carbonyl (C=O) groups excluding carboxylic acids is 1. The first-order chi connectivity index (χ1) is 12.7. The number of aromatic amines is 1. The Balaban J connectivity index is 1.66. The zero-order valence-corrected chi connectivity index (χ0v) is 15.5. The van der Waals surface area contributed by atoms with Crippen molar-refractivity contribution in [1.82, 2.24) is 19.8 Å². The van der Waals surface area contributed by atoms with Crippen LogP contribution in [0.3, 0.4) is 0 Å². The number of amides is 1. The highest BCUT2D eigenvalue weighted by Gasteiger charge is 2.27. The summed E-state index contributed by atoms with van der Waals surface area (Å²) in [6.07, 6.45) is 6.44. The molecule has 1 aliphatic heterocycles. The molecule has 6 nitrogen and oxygen atoms in total. The lowest BCUT2D eigenvalue weighted by molar-refractivity contribution is 0.0692. The summed E-state index contributed by atoms with van der Waals surface area (Å²) >= 11 is 0. The summed E-state index contributed by atoms with van der Waals surface area (Å²) in [6, 6.07) is 6.24. The Hall–Kier alpha value is -2.08. The number of aromatic nitrogens is 2. The fourth-order valence-corrected chi connectivity index (χ4v) is 4.55. The van der Waals surface area contributed by atoms with E-state index in [1.807, 2.05) is 27.7 Å². The third kappa shape index (κ3) is 3.07. The Morgan fingerprint density at radius 1 is 1.27 bits per heavy atom. The molecular formula is C20H28N4O2. The summed E-state index contributed by atoms with van der Waals surface area (Å²) in [4.78, 5) is 30.5. The van der Waals surface area contributed by atoms with Gasteiger partial charge < -0.3 is 15.2 Å². The van der Waals surface area contributed by atoms with Crippen molar-refractivity contribution in [1.29, 1.82) is 0 Å². The lowest BCUT2D eigenvalue weighted by atomic mass is 10.1. The second-order valence-corrected chi connectivity index (χ2v) is 7.62. The van der Waals surface area contributed by atoms with E-state index in [0.29, 0.717) is 11.6 Å². The SMILES string of the molecule is CCCN(C(=O)c1ccc2c(c1)[nH]c(=O)n2C1CCCC1)C1CCNC1. The first-order valence-electron chi connectivity index (χ1n) is 9.95. The molecule has 2 aromatic rings. The maximum absolute atomic E-state index is 13.1. The predicted octanol–water partition coefficient (Wildman–Crippen LogP) is 2.66. The van der Waals surface area contributed by atoms with Gasteiger partial charge in [0.2, 0.25) is 0 Å². The van der Waals surface area contributed by atoms with Crippen molar-refractivity contribution in [2.24, 2.45) is 0 Å². The van der Waals surface area contributed by atoms with Crippen molar-refractivity contribution in [2.45, 2.75) is 57.5 Å². The van der Waals surface area contributed by atoms with Gasteiger partial charge in [-0.15, -0.1) is 0 Å². The molecule has 2 aliphatic rings. The molecule has 2 heterocycles. The Kier molecular flexibility index (Phi) is 4.85. The van der Waals surface area contributed by atoms with Gasteiger partial charge in [-0.25, -0.2) is 4.79 Å². The van der Waals surface area contributed by atoms with E-state index in [0.717, 1.165) is 56.4 Å². The number of H-pyrrole nitrogens is 1. The van der Waals surface area contributed by atoms with Gasteiger partial charge in [0.05, 0.1) is 11.0 Å². The van der Waals surface area contributed by atoms with Crippen LogP contribution in [0.25, 0.3) is 11.0 Å². The van der Waals surface area contributed by atoms with Crippen LogP contribution in [0.1, 0.15) is 61.8 Å². The predicted molar refractivity (Wildman–Crippen MR) is 103 cm³/mol. The standard InChI is InChI=1S/C20H28N4O2/c1-2-11-23(16-9-10-21-13-16)19(25)14-7-8-18-17(12-14)22-20(26)24(18)15-5-3-4-6-15/h7-8,12,15-16,21H,2-6,9-11,13H2,1H3,(H,22,26). The molecule has 1 atom stereocenters. The van der Waals surface area contributed by atoms with Crippen LogP contribution in [0.4, 0.5) is 0 Å². The fraction of sp³-hybridized carbons (Fsp3) is 0.600. The van der Waals surface area contributed by atoms with Crippen LogP contribution in [-0.2, 0) is 0 Å². The minimum absolute atomic E-state index is 0.0538. The Labute approximate surface area is 153 Å². The van der Waals surface area contributed by atoms with Crippen LogP contribution >= 0.6 is 0 Å². The highest BCUT2D eigenvalue weighted by Crippen LogP contribution is 2.31. The van der Waals surface area contributed by atoms with Gasteiger partial charge >= 0.3 is 5.69 Å². The average Bonchev–Trinajstić information content (AvgIpc) is 3.38. The van der Waals surface area contributed by atoms with E-state index in [1.165, 1.54) is 12.8 Å². The van der Waals surface area contributed by atoms with Crippen LogP contribution < -0.4 is 11.0 Å². The lowest BCUT2D eigenvalue weighted by Crippen LogP contribution is -2.42. The average molecular weight is 356 g/mol. The van der Waals surface area contributed by atoms with E-state index >= 15 is 0 Å². The molecule has 0 spiro atoms. The van der Waals surface area contributed by atoms with Gasteiger partial charge in [0.1, 0.15) is 0 Å². The number of nitrogens with one attached hydrogen (secondary N) is 2. The Bertz CT molecular complexity index is 841. The molecular weight excluding hydrogens is 328 g/mol. The summed E-state index contributed by atoms with van der Waals surface area (Å²) < 4.78 is 1.89. The molecule has 2 fully saturated rings. The Morgan fingerprint density at radius 3 is 2.77 bits per heavy atom. The highest BCUT2D eigenvalue weighted by atomic mass is 16.2. The van der Waals surface area contributed by atoms with Gasteiger partial charge in [-0.3, -0.25) is 9.36 Å². The molecule has 1 aromatic heterocycles. The minimum atomic E-state index is -0.0538. The number of imidazole rings is 1. The Morgan fingerprint density at radius 2 is 2.08 bits per heavy atom. The molecule has 26 heavy (non-hydrogen) atoms. The topological polar surface area (TPSA) is 70.1 Å². The van der Waals surface area contributed by atoms with Gasteiger partial charge in [-0.2, -0.15) is 0 Å². The zero-order valence-electron chi connectivity index (χ0n) is 15.5. The van der Waals surface area contributed by atoms with Crippen LogP contribution in [0.2, 0.25) is 0 Å². The number of benzene rings is 1. The third-order valence-corrected chi connectivity index (χ3v) is 5.85. The molecule has 0 bridgehead atoms. The van der Waals surface area contributed by atoms with Crippen LogP contribution in [0.15, 0.2) is 23.0 Å². The van der Waals surface area contributed by atoms with Crippen LogP contribution in [0, 0.1) is 0 Å². The summed E-state index contributed by atoms with van der Waals surface area (Å²) in [5.41, 5.74) is 2.30. The van der Waals surface area contributed by atoms with E-state index in [2.05, 4.69) is 17.2 Å². The maximum atomic E-state index is 13.1. The van der Waals surface area contributed by atoms with Crippen molar-refractivity contribution in [3.05, 3.63) is 34.2 Å². The van der Waals surface area contributed by atoms with Crippen molar-refractivity contribution in [2.75, 3.05) is 19.6 Å². The van der Waals surface area contributed by atoms with Crippen molar-refractivity contribution in [3.63, 3.8) is 0 Å².